The second kappa shape index (κ2) is 5.70. The maximum Gasteiger partial charge on any atom is 0.222 e. The monoisotopic (exact) mass is 325 g/mol. The van der Waals surface area contributed by atoms with Gasteiger partial charge in [0.05, 0.1) is 0 Å². The molecule has 78 valence electrons. The van der Waals surface area contributed by atoms with E-state index in [2.05, 4.69) is 51.7 Å². The summed E-state index contributed by atoms with van der Waals surface area (Å²) in [7, 11) is 0. The molecule has 1 aromatic rings. The van der Waals surface area contributed by atoms with Crippen LogP contribution in [0.4, 0.5) is 5.95 Å². The molecule has 5 heteroatoms. The van der Waals surface area contributed by atoms with Gasteiger partial charge in [-0.1, -0.05) is 6.92 Å². The first-order valence-corrected chi connectivity index (χ1v) is 6.05. The molecule has 0 saturated heterocycles. The zero-order valence-corrected chi connectivity index (χ0v) is 11.1. The standard InChI is InChI=1S/C9H13ClIN3/c1-6(3-10)7(2)14-9-12-4-8(11)5-13-9/h4-7H,3H2,1-2H3,(H,12,13,14). The van der Waals surface area contributed by atoms with Gasteiger partial charge in [-0.25, -0.2) is 9.97 Å². The van der Waals surface area contributed by atoms with Crippen molar-refractivity contribution >= 4 is 40.1 Å². The molecule has 0 fully saturated rings. The number of rotatable bonds is 4. The fraction of sp³-hybridized carbons (Fsp3) is 0.556. The summed E-state index contributed by atoms with van der Waals surface area (Å²) >= 11 is 7.93. The molecule has 0 spiro atoms. The number of hydrogen-bond acceptors (Lipinski definition) is 3. The minimum Gasteiger partial charge on any atom is -0.351 e. The summed E-state index contributed by atoms with van der Waals surface area (Å²) in [5.41, 5.74) is 0. The average Bonchev–Trinajstić information content (AvgIpc) is 2.20. The largest absolute Gasteiger partial charge is 0.351 e. The third kappa shape index (κ3) is 3.57. The topological polar surface area (TPSA) is 37.8 Å². The molecule has 0 saturated carbocycles. The maximum absolute atomic E-state index is 5.76. The summed E-state index contributed by atoms with van der Waals surface area (Å²) < 4.78 is 1.03. The van der Waals surface area contributed by atoms with Crippen LogP contribution < -0.4 is 5.32 Å². The number of alkyl halides is 1. The Labute approximate surface area is 103 Å². The van der Waals surface area contributed by atoms with E-state index in [1.807, 2.05) is 0 Å². The molecule has 0 aliphatic carbocycles. The molecule has 0 aliphatic heterocycles. The Kier molecular flexibility index (Phi) is 4.88. The van der Waals surface area contributed by atoms with Crippen LogP contribution in [0.15, 0.2) is 12.4 Å². The zero-order valence-electron chi connectivity index (χ0n) is 8.17. The molecule has 14 heavy (non-hydrogen) atoms. The Morgan fingerprint density at radius 3 is 2.50 bits per heavy atom. The molecular weight excluding hydrogens is 312 g/mol. The van der Waals surface area contributed by atoms with E-state index < -0.39 is 0 Å². The summed E-state index contributed by atoms with van der Waals surface area (Å²) in [6.07, 6.45) is 3.57. The lowest BCUT2D eigenvalue weighted by atomic mass is 10.1. The first-order chi connectivity index (χ1) is 6.63. The smallest absolute Gasteiger partial charge is 0.222 e. The van der Waals surface area contributed by atoms with Gasteiger partial charge in [0, 0.05) is 27.9 Å². The predicted octanol–water partition coefficient (Wildman–Crippen LogP) is 2.76. The minimum atomic E-state index is 0.285. The van der Waals surface area contributed by atoms with Gasteiger partial charge in [-0.15, -0.1) is 11.6 Å². The molecule has 2 atom stereocenters. The van der Waals surface area contributed by atoms with Crippen molar-refractivity contribution in [3.8, 4) is 0 Å². The molecule has 0 aliphatic rings. The van der Waals surface area contributed by atoms with E-state index in [0.29, 0.717) is 17.7 Å². The highest BCUT2D eigenvalue weighted by atomic mass is 127. The third-order valence-corrected chi connectivity index (χ3v) is 3.12. The number of nitrogens with one attached hydrogen (secondary N) is 1. The zero-order chi connectivity index (χ0) is 10.6. The summed E-state index contributed by atoms with van der Waals surface area (Å²) in [6, 6.07) is 0.285. The normalized spacial score (nSPS) is 14.9. The quantitative estimate of drug-likeness (QED) is 0.683. The van der Waals surface area contributed by atoms with E-state index in [1.165, 1.54) is 0 Å². The van der Waals surface area contributed by atoms with Gasteiger partial charge in [0.2, 0.25) is 5.95 Å². The van der Waals surface area contributed by atoms with Gasteiger partial charge in [0.1, 0.15) is 0 Å². The van der Waals surface area contributed by atoms with E-state index in [-0.39, 0.29) is 6.04 Å². The first kappa shape index (κ1) is 12.0. The number of aromatic nitrogens is 2. The molecule has 0 radical (unpaired) electrons. The van der Waals surface area contributed by atoms with Crippen molar-refractivity contribution in [2.75, 3.05) is 11.2 Å². The average molecular weight is 326 g/mol. The summed E-state index contributed by atoms with van der Waals surface area (Å²) in [4.78, 5) is 8.32. The molecule has 0 bridgehead atoms. The van der Waals surface area contributed by atoms with Gasteiger partial charge < -0.3 is 5.32 Å². The van der Waals surface area contributed by atoms with Gasteiger partial charge >= 0.3 is 0 Å². The fourth-order valence-corrected chi connectivity index (χ4v) is 1.41. The second-order valence-corrected chi connectivity index (χ2v) is 4.84. The summed E-state index contributed by atoms with van der Waals surface area (Å²) in [6.45, 7) is 4.17. The van der Waals surface area contributed by atoms with E-state index in [0.717, 1.165) is 3.57 Å². The molecule has 0 aromatic carbocycles. The number of halogens is 2. The van der Waals surface area contributed by atoms with Crippen molar-refractivity contribution in [2.45, 2.75) is 19.9 Å². The molecule has 3 nitrogen and oxygen atoms in total. The molecule has 1 N–H and O–H groups in total. The van der Waals surface area contributed by atoms with Crippen LogP contribution in [0.25, 0.3) is 0 Å². The number of hydrogen-bond donors (Lipinski definition) is 1. The highest BCUT2D eigenvalue weighted by molar-refractivity contribution is 14.1. The van der Waals surface area contributed by atoms with Crippen LogP contribution in [0.1, 0.15) is 13.8 Å². The summed E-state index contributed by atoms with van der Waals surface area (Å²) in [5, 5.41) is 3.21. The van der Waals surface area contributed by atoms with Gasteiger partial charge in [-0.05, 0) is 35.4 Å². The van der Waals surface area contributed by atoms with Crippen LogP contribution in [-0.4, -0.2) is 21.9 Å². The van der Waals surface area contributed by atoms with Gasteiger partial charge in [0.15, 0.2) is 0 Å². The predicted molar refractivity (Wildman–Crippen MR) is 67.7 cm³/mol. The van der Waals surface area contributed by atoms with Gasteiger partial charge in [-0.2, -0.15) is 0 Å². The molecule has 2 unspecified atom stereocenters. The van der Waals surface area contributed by atoms with Crippen molar-refractivity contribution < 1.29 is 0 Å². The van der Waals surface area contributed by atoms with Crippen molar-refractivity contribution in [1.29, 1.82) is 0 Å². The van der Waals surface area contributed by atoms with E-state index >= 15 is 0 Å². The molecule has 1 rings (SSSR count). The second-order valence-electron chi connectivity index (χ2n) is 3.29. The Morgan fingerprint density at radius 2 is 2.00 bits per heavy atom. The van der Waals surface area contributed by atoms with E-state index in [1.54, 1.807) is 12.4 Å². The van der Waals surface area contributed by atoms with E-state index in [9.17, 15) is 0 Å². The van der Waals surface area contributed by atoms with Crippen LogP contribution in [0, 0.1) is 9.49 Å². The van der Waals surface area contributed by atoms with E-state index in [4.69, 9.17) is 11.6 Å². The lowest BCUT2D eigenvalue weighted by Gasteiger charge is -2.18. The maximum atomic E-state index is 5.76. The molecule has 0 amide bonds. The molecule has 1 heterocycles. The third-order valence-electron chi connectivity index (χ3n) is 2.07. The molecular formula is C9H13ClIN3. The van der Waals surface area contributed by atoms with Crippen LogP contribution in [-0.2, 0) is 0 Å². The first-order valence-electron chi connectivity index (χ1n) is 4.43. The van der Waals surface area contributed by atoms with Crippen LogP contribution in [0.3, 0.4) is 0 Å². The Bertz CT molecular complexity index is 278. The van der Waals surface area contributed by atoms with Crippen molar-refractivity contribution in [3.63, 3.8) is 0 Å². The number of nitrogens with zero attached hydrogens (tertiary/aromatic N) is 2. The minimum absolute atomic E-state index is 0.285. The highest BCUT2D eigenvalue weighted by Gasteiger charge is 2.11. The molecule has 1 aromatic heterocycles. The lowest BCUT2D eigenvalue weighted by Crippen LogP contribution is -2.25. The van der Waals surface area contributed by atoms with Gasteiger partial charge in [0.25, 0.3) is 0 Å². The Balaban J connectivity index is 2.56. The van der Waals surface area contributed by atoms with Crippen LogP contribution >= 0.6 is 34.2 Å². The van der Waals surface area contributed by atoms with Crippen LogP contribution in [0.2, 0.25) is 0 Å². The van der Waals surface area contributed by atoms with Crippen molar-refractivity contribution in [2.24, 2.45) is 5.92 Å². The Morgan fingerprint density at radius 1 is 1.43 bits per heavy atom. The SMILES string of the molecule is CC(CCl)C(C)Nc1ncc(I)cn1. The number of anilines is 1. The van der Waals surface area contributed by atoms with Crippen molar-refractivity contribution in [3.05, 3.63) is 16.0 Å². The Hall–Kier alpha value is -0.100. The van der Waals surface area contributed by atoms with Crippen LogP contribution in [0.5, 0.6) is 0 Å². The van der Waals surface area contributed by atoms with Gasteiger partial charge in [-0.3, -0.25) is 0 Å². The van der Waals surface area contributed by atoms with Crippen molar-refractivity contribution in [1.82, 2.24) is 9.97 Å². The summed E-state index contributed by atoms with van der Waals surface area (Å²) in [5.74, 6) is 1.70. The lowest BCUT2D eigenvalue weighted by molar-refractivity contribution is 0.562. The fourth-order valence-electron chi connectivity index (χ4n) is 0.866. The highest BCUT2D eigenvalue weighted by Crippen LogP contribution is 2.10.